The minimum absolute atomic E-state index is 0.118. The van der Waals surface area contributed by atoms with E-state index in [1.54, 1.807) is 11.3 Å². The Morgan fingerprint density at radius 3 is 2.55 bits per heavy atom. The predicted molar refractivity (Wildman–Crippen MR) is 81.1 cm³/mol. The number of likely N-dealkylation sites (tertiary alicyclic amines) is 1. The number of rotatable bonds is 2. The minimum atomic E-state index is 0.118. The lowest BCUT2D eigenvalue weighted by Gasteiger charge is -2.54. The lowest BCUT2D eigenvalue weighted by molar-refractivity contribution is -0.0232. The van der Waals surface area contributed by atoms with Crippen molar-refractivity contribution in [1.29, 1.82) is 0 Å². The Kier molecular flexibility index (Phi) is 3.58. The van der Waals surface area contributed by atoms with E-state index < -0.39 is 0 Å². The molecule has 1 amide bonds. The van der Waals surface area contributed by atoms with Crippen molar-refractivity contribution >= 4 is 17.2 Å². The fourth-order valence-corrected chi connectivity index (χ4v) is 4.11. The van der Waals surface area contributed by atoms with Gasteiger partial charge >= 0.3 is 0 Å². The van der Waals surface area contributed by atoms with E-state index in [1.807, 2.05) is 17.2 Å². The third-order valence-electron chi connectivity index (χ3n) is 5.02. The Bertz CT molecular complexity index is 495. The van der Waals surface area contributed by atoms with Gasteiger partial charge in [0.15, 0.2) is 0 Å². The van der Waals surface area contributed by atoms with E-state index in [2.05, 4.69) is 24.0 Å². The van der Waals surface area contributed by atoms with Crippen molar-refractivity contribution in [3.8, 4) is 0 Å². The van der Waals surface area contributed by atoms with Gasteiger partial charge in [0.1, 0.15) is 5.69 Å². The Morgan fingerprint density at radius 2 is 2.05 bits per heavy atom. The summed E-state index contributed by atoms with van der Waals surface area (Å²) in [7, 11) is 4.33. The van der Waals surface area contributed by atoms with Crippen molar-refractivity contribution in [3.63, 3.8) is 0 Å². The van der Waals surface area contributed by atoms with Crippen LogP contribution >= 0.6 is 11.3 Å². The maximum absolute atomic E-state index is 12.4. The van der Waals surface area contributed by atoms with Crippen LogP contribution in [0.2, 0.25) is 0 Å². The zero-order valence-electron chi connectivity index (χ0n) is 12.6. The SMILES string of the molecule is Cc1nc(C(=O)N2CCC3(CC2)CC(N(C)C)C3)cs1. The van der Waals surface area contributed by atoms with Crippen LogP contribution in [0, 0.1) is 12.3 Å². The number of thiazole rings is 1. The second-order valence-corrected chi connectivity index (χ2v) is 7.63. The van der Waals surface area contributed by atoms with Gasteiger partial charge in [-0.3, -0.25) is 4.79 Å². The van der Waals surface area contributed by atoms with Gasteiger partial charge in [-0.15, -0.1) is 11.3 Å². The number of carbonyl (C=O) groups is 1. The van der Waals surface area contributed by atoms with E-state index in [0.29, 0.717) is 11.1 Å². The number of aromatic nitrogens is 1. The maximum atomic E-state index is 12.4. The number of hydrogen-bond donors (Lipinski definition) is 0. The molecule has 1 aromatic rings. The van der Waals surface area contributed by atoms with Crippen molar-refractivity contribution in [2.24, 2.45) is 5.41 Å². The monoisotopic (exact) mass is 293 g/mol. The molecule has 1 aromatic heterocycles. The maximum Gasteiger partial charge on any atom is 0.273 e. The standard InChI is InChI=1S/C15H23N3OS/c1-11-16-13(10-20-11)14(19)18-6-4-15(5-7-18)8-12(9-15)17(2)3/h10,12H,4-9H2,1-3H3. The van der Waals surface area contributed by atoms with Crippen LogP contribution < -0.4 is 0 Å². The first-order chi connectivity index (χ1) is 9.49. The van der Waals surface area contributed by atoms with Crippen LogP contribution in [0.15, 0.2) is 5.38 Å². The van der Waals surface area contributed by atoms with Crippen molar-refractivity contribution in [3.05, 3.63) is 16.1 Å². The van der Waals surface area contributed by atoms with Gasteiger partial charge in [-0.25, -0.2) is 4.98 Å². The fraction of sp³-hybridized carbons (Fsp3) is 0.733. The molecule has 110 valence electrons. The van der Waals surface area contributed by atoms with Crippen molar-refractivity contribution in [2.45, 2.75) is 38.6 Å². The Morgan fingerprint density at radius 1 is 1.40 bits per heavy atom. The molecule has 0 N–H and O–H groups in total. The van der Waals surface area contributed by atoms with Crippen LogP contribution in [-0.4, -0.2) is 53.9 Å². The van der Waals surface area contributed by atoms with Crippen LogP contribution in [0.4, 0.5) is 0 Å². The summed E-state index contributed by atoms with van der Waals surface area (Å²) in [5.74, 6) is 0.118. The van der Waals surface area contributed by atoms with E-state index in [9.17, 15) is 4.79 Å². The van der Waals surface area contributed by atoms with Gasteiger partial charge in [0.25, 0.3) is 5.91 Å². The molecule has 0 unspecified atom stereocenters. The van der Waals surface area contributed by atoms with Gasteiger partial charge in [-0.1, -0.05) is 0 Å². The first-order valence-electron chi connectivity index (χ1n) is 7.37. The number of aryl methyl sites for hydroxylation is 1. The van der Waals surface area contributed by atoms with Gasteiger partial charge in [-0.05, 0) is 52.1 Å². The largest absolute Gasteiger partial charge is 0.337 e. The highest BCUT2D eigenvalue weighted by Crippen LogP contribution is 2.50. The van der Waals surface area contributed by atoms with Gasteiger partial charge in [0, 0.05) is 24.5 Å². The summed E-state index contributed by atoms with van der Waals surface area (Å²) in [4.78, 5) is 21.0. The van der Waals surface area contributed by atoms with Crippen LogP contribution in [0.25, 0.3) is 0 Å². The molecule has 2 heterocycles. The fourth-order valence-electron chi connectivity index (χ4n) is 3.52. The summed E-state index contributed by atoms with van der Waals surface area (Å²) in [6, 6.07) is 0.749. The first-order valence-corrected chi connectivity index (χ1v) is 8.25. The number of amides is 1. The van der Waals surface area contributed by atoms with Crippen molar-refractivity contribution < 1.29 is 4.79 Å². The Balaban J connectivity index is 1.56. The number of hydrogen-bond acceptors (Lipinski definition) is 4. The van der Waals surface area contributed by atoms with Gasteiger partial charge in [-0.2, -0.15) is 0 Å². The van der Waals surface area contributed by atoms with Crippen molar-refractivity contribution in [1.82, 2.24) is 14.8 Å². The highest BCUT2D eigenvalue weighted by Gasteiger charge is 2.47. The first kappa shape index (κ1) is 14.0. The molecule has 1 aliphatic carbocycles. The highest BCUT2D eigenvalue weighted by molar-refractivity contribution is 7.09. The second-order valence-electron chi connectivity index (χ2n) is 6.57. The molecular formula is C15H23N3OS. The molecule has 0 radical (unpaired) electrons. The summed E-state index contributed by atoms with van der Waals surface area (Å²) in [5.41, 5.74) is 1.15. The quantitative estimate of drug-likeness (QED) is 0.840. The smallest absolute Gasteiger partial charge is 0.273 e. The van der Waals surface area contributed by atoms with E-state index in [-0.39, 0.29) is 5.91 Å². The molecule has 2 aliphatic rings. The van der Waals surface area contributed by atoms with E-state index in [1.165, 1.54) is 12.8 Å². The van der Waals surface area contributed by atoms with Gasteiger partial charge in [0.2, 0.25) is 0 Å². The van der Waals surface area contributed by atoms with Crippen LogP contribution in [0.1, 0.15) is 41.2 Å². The molecule has 0 bridgehead atoms. The lowest BCUT2D eigenvalue weighted by Crippen LogP contribution is -2.54. The zero-order valence-corrected chi connectivity index (χ0v) is 13.4. The summed E-state index contributed by atoms with van der Waals surface area (Å²) in [6.45, 7) is 3.74. The molecule has 3 rings (SSSR count). The molecule has 1 aliphatic heterocycles. The summed E-state index contributed by atoms with van der Waals surface area (Å²) < 4.78 is 0. The lowest BCUT2D eigenvalue weighted by atomic mass is 9.60. The van der Waals surface area contributed by atoms with E-state index in [0.717, 1.165) is 37.0 Å². The average molecular weight is 293 g/mol. The molecule has 0 atom stereocenters. The summed E-state index contributed by atoms with van der Waals surface area (Å²) in [5, 5.41) is 2.85. The molecule has 2 fully saturated rings. The molecule has 5 heteroatoms. The average Bonchev–Trinajstić information content (AvgIpc) is 2.82. The molecule has 4 nitrogen and oxygen atoms in total. The van der Waals surface area contributed by atoms with Gasteiger partial charge in [0.05, 0.1) is 5.01 Å². The second kappa shape index (κ2) is 5.11. The van der Waals surface area contributed by atoms with Gasteiger partial charge < -0.3 is 9.80 Å². The number of piperidine rings is 1. The van der Waals surface area contributed by atoms with E-state index >= 15 is 0 Å². The minimum Gasteiger partial charge on any atom is -0.337 e. The molecule has 1 spiro atoms. The summed E-state index contributed by atoms with van der Waals surface area (Å²) in [6.07, 6.45) is 4.92. The van der Waals surface area contributed by atoms with Crippen LogP contribution in [-0.2, 0) is 0 Å². The highest BCUT2D eigenvalue weighted by atomic mass is 32.1. The third kappa shape index (κ3) is 2.49. The molecule has 0 aromatic carbocycles. The molecule has 1 saturated carbocycles. The predicted octanol–water partition coefficient (Wildman–Crippen LogP) is 2.40. The van der Waals surface area contributed by atoms with Crippen LogP contribution in [0.3, 0.4) is 0 Å². The Labute approximate surface area is 124 Å². The Hall–Kier alpha value is -0.940. The number of carbonyl (C=O) groups excluding carboxylic acids is 1. The molecule has 20 heavy (non-hydrogen) atoms. The normalized spacial score (nSPS) is 22.3. The molecular weight excluding hydrogens is 270 g/mol. The number of nitrogens with zero attached hydrogens (tertiary/aromatic N) is 3. The van der Waals surface area contributed by atoms with Crippen LogP contribution in [0.5, 0.6) is 0 Å². The molecule has 1 saturated heterocycles. The summed E-state index contributed by atoms with van der Waals surface area (Å²) >= 11 is 1.55. The zero-order chi connectivity index (χ0) is 14.3. The third-order valence-corrected chi connectivity index (χ3v) is 5.79. The topological polar surface area (TPSA) is 36.4 Å². The van der Waals surface area contributed by atoms with Crippen molar-refractivity contribution in [2.75, 3.05) is 27.2 Å². The van der Waals surface area contributed by atoms with E-state index in [4.69, 9.17) is 0 Å².